The number of pyridine rings is 2. The summed E-state index contributed by atoms with van der Waals surface area (Å²) in [5.74, 6) is 2.74. The molecule has 0 radical (unpaired) electrons. The van der Waals surface area contributed by atoms with Gasteiger partial charge in [-0.2, -0.15) is 0 Å². The van der Waals surface area contributed by atoms with E-state index < -0.39 is 17.8 Å². The van der Waals surface area contributed by atoms with Gasteiger partial charge in [0.25, 0.3) is 0 Å². The van der Waals surface area contributed by atoms with E-state index in [0.717, 1.165) is 93.8 Å². The van der Waals surface area contributed by atoms with E-state index in [1.807, 2.05) is 85.2 Å². The molecule has 2 N–H and O–H groups in total. The predicted molar refractivity (Wildman–Crippen MR) is 232 cm³/mol. The van der Waals surface area contributed by atoms with Crippen LogP contribution in [0.25, 0.3) is 32.6 Å². The van der Waals surface area contributed by atoms with Crippen molar-refractivity contribution in [3.05, 3.63) is 127 Å². The molecule has 308 valence electrons. The Kier molecular flexibility index (Phi) is 10.0. The number of allylic oxidation sites excluding steroid dienone is 1. The van der Waals surface area contributed by atoms with E-state index in [1.165, 1.54) is 0 Å². The summed E-state index contributed by atoms with van der Waals surface area (Å²) in [6.45, 7) is 12.6. The van der Waals surface area contributed by atoms with Gasteiger partial charge in [0.05, 0.1) is 47.2 Å². The van der Waals surface area contributed by atoms with Crippen molar-refractivity contribution in [2.75, 3.05) is 26.7 Å². The molecule has 5 aliphatic rings. The molecule has 4 saturated heterocycles. The number of rotatable bonds is 13. The Morgan fingerprint density at radius 3 is 2.25 bits per heavy atom. The van der Waals surface area contributed by atoms with E-state index >= 15 is 0 Å². The number of piperidine rings is 3. The maximum absolute atomic E-state index is 11.6. The van der Waals surface area contributed by atoms with Gasteiger partial charge >= 0.3 is 0 Å². The van der Waals surface area contributed by atoms with Crippen LogP contribution in [0, 0.1) is 17.8 Å². The Labute approximate surface area is 350 Å². The zero-order chi connectivity index (χ0) is 41.1. The van der Waals surface area contributed by atoms with Crippen LogP contribution in [-0.2, 0) is 6.61 Å². The van der Waals surface area contributed by atoms with Crippen molar-refractivity contribution in [3.63, 3.8) is 0 Å². The van der Waals surface area contributed by atoms with E-state index in [-0.39, 0.29) is 24.6 Å². The predicted octanol–water partition coefficient (Wildman–Crippen LogP) is 7.76. The lowest BCUT2D eigenvalue weighted by Crippen LogP contribution is -2.63. The molecule has 3 aromatic heterocycles. The summed E-state index contributed by atoms with van der Waals surface area (Å²) in [5, 5.41) is 34.8. The lowest BCUT2D eigenvalue weighted by atomic mass is 9.69. The second-order valence-corrected chi connectivity index (χ2v) is 17.2. The maximum atomic E-state index is 11.6. The van der Waals surface area contributed by atoms with Gasteiger partial charge in [0.15, 0.2) is 0 Å². The van der Waals surface area contributed by atoms with E-state index in [2.05, 4.69) is 36.0 Å². The summed E-state index contributed by atoms with van der Waals surface area (Å²) >= 11 is 0. The molecular formula is C49H52N6O5. The van der Waals surface area contributed by atoms with Crippen LogP contribution in [0.3, 0.4) is 0 Å². The molecule has 60 heavy (non-hydrogen) atoms. The van der Waals surface area contributed by atoms with Crippen LogP contribution in [0.2, 0.25) is 0 Å². The third kappa shape index (κ3) is 6.50. The molecule has 5 fully saturated rings. The van der Waals surface area contributed by atoms with E-state index in [4.69, 9.17) is 34.4 Å². The van der Waals surface area contributed by atoms with Gasteiger partial charge in [-0.3, -0.25) is 19.8 Å². The number of aliphatic hydroxyl groups excluding tert-OH is 1. The maximum Gasteiger partial charge on any atom is 0.242 e. The minimum absolute atomic E-state index is 0.0167. The lowest BCUT2D eigenvalue weighted by Gasteiger charge is -2.54. The molecule has 11 rings (SSSR count). The summed E-state index contributed by atoms with van der Waals surface area (Å²) < 4.78 is 20.1. The number of nitrogens with zero attached hydrogens (tertiary/aromatic N) is 6. The monoisotopic (exact) mass is 804 g/mol. The van der Waals surface area contributed by atoms with Gasteiger partial charge in [-0.1, -0.05) is 30.4 Å². The molecular weight excluding hydrogens is 753 g/mol. The lowest BCUT2D eigenvalue weighted by molar-refractivity contribution is -0.124. The van der Waals surface area contributed by atoms with Gasteiger partial charge in [-0.15, -0.1) is 23.4 Å². The number of hydrogen-bond donors (Lipinski definition) is 2. The molecule has 3 aromatic carbocycles. The van der Waals surface area contributed by atoms with Gasteiger partial charge in [0.1, 0.15) is 18.0 Å². The van der Waals surface area contributed by atoms with Gasteiger partial charge in [-0.05, 0) is 124 Å². The van der Waals surface area contributed by atoms with Crippen LogP contribution < -0.4 is 14.2 Å². The number of fused-ring (bicyclic) bond motifs is 7. The third-order valence-electron chi connectivity index (χ3n) is 14.3. The van der Waals surface area contributed by atoms with E-state index in [0.29, 0.717) is 36.2 Å². The van der Waals surface area contributed by atoms with Crippen LogP contribution in [0.15, 0.2) is 111 Å². The molecule has 4 aliphatic heterocycles. The summed E-state index contributed by atoms with van der Waals surface area (Å²) in [5.41, 5.74) is 3.48. The zero-order valence-corrected chi connectivity index (χ0v) is 34.2. The summed E-state index contributed by atoms with van der Waals surface area (Å²) in [7, 11) is 1.67. The van der Waals surface area contributed by atoms with Crippen LogP contribution >= 0.6 is 0 Å². The molecule has 1 saturated carbocycles. The average molecular weight is 805 g/mol. The smallest absolute Gasteiger partial charge is 0.242 e. The van der Waals surface area contributed by atoms with Crippen molar-refractivity contribution < 1.29 is 24.4 Å². The number of methoxy groups -OCH3 is 1. The van der Waals surface area contributed by atoms with Crippen molar-refractivity contribution in [1.82, 2.24) is 30.0 Å². The second-order valence-electron chi connectivity index (χ2n) is 17.2. The molecule has 6 aromatic rings. The molecule has 11 nitrogen and oxygen atoms in total. The Balaban J connectivity index is 1.06. The summed E-state index contributed by atoms with van der Waals surface area (Å²) in [6, 6.07) is 24.3. The summed E-state index contributed by atoms with van der Waals surface area (Å²) in [4.78, 5) is 14.3. The van der Waals surface area contributed by atoms with Gasteiger partial charge in [0, 0.05) is 52.9 Å². The highest BCUT2D eigenvalue weighted by molar-refractivity contribution is 5.91. The number of aromatic nitrogens is 4. The highest BCUT2D eigenvalue weighted by Crippen LogP contribution is 2.49. The molecule has 7 heterocycles. The van der Waals surface area contributed by atoms with Crippen LogP contribution in [0.1, 0.15) is 61.5 Å². The Hall–Kier alpha value is -5.46. The van der Waals surface area contributed by atoms with Crippen molar-refractivity contribution in [2.45, 2.75) is 75.1 Å². The summed E-state index contributed by atoms with van der Waals surface area (Å²) in [6.07, 6.45) is 10.4. The Morgan fingerprint density at radius 2 is 1.57 bits per heavy atom. The number of hydrogen-bond acceptors (Lipinski definition) is 11. The first-order valence-electron chi connectivity index (χ1n) is 21.3. The largest absolute Gasteiger partial charge is 0.497 e. The standard InChI is InChI=1S/C49H52N6O5/c1-5-31-24-43-34(31)18-22-55(43)29(3)45(35-15-19-50-41-13-11-30(27-56)23-39(35)41)59-47-37-9-7-8-10-38(37)48(53-52-47)60-46(44-25-32-17-21-54(44)28-49(32,57)6-2)36-16-20-51-42-14-12-33(58-4)26-40(36)42/h5-16,19-20,23,26,29,31-32,34,43-46,56-57H,1-2,17-18,21-22,24-25,27-28H2,3-4H3/t29-,31+,32?,34+,43?,44-,45+,46+,49?/m1/s1. The molecule has 2 bridgehead atoms. The van der Waals surface area contributed by atoms with E-state index in [1.54, 1.807) is 13.2 Å². The first-order valence-corrected chi connectivity index (χ1v) is 21.3. The number of likely N-dealkylation sites (tertiary alicyclic amines) is 1. The normalized spacial score (nSPS) is 27.5. The minimum Gasteiger partial charge on any atom is -0.497 e. The van der Waals surface area contributed by atoms with E-state index in [9.17, 15) is 10.2 Å². The van der Waals surface area contributed by atoms with Crippen molar-refractivity contribution in [1.29, 1.82) is 0 Å². The fourth-order valence-corrected chi connectivity index (χ4v) is 10.9. The van der Waals surface area contributed by atoms with Crippen LogP contribution in [0.4, 0.5) is 0 Å². The minimum atomic E-state index is -0.955. The highest BCUT2D eigenvalue weighted by Gasteiger charge is 2.51. The van der Waals surface area contributed by atoms with Gasteiger partial charge < -0.3 is 24.4 Å². The van der Waals surface area contributed by atoms with Crippen LogP contribution in [-0.4, -0.2) is 90.6 Å². The molecule has 0 amide bonds. The first-order chi connectivity index (χ1) is 29.3. The first kappa shape index (κ1) is 38.7. The number of ether oxygens (including phenoxy) is 3. The second kappa shape index (κ2) is 15.5. The SMILES string of the molecule is C=C[C@H]1CC2[C@H]1CCN2[C@H](C)[C@H](Oc1nnc(O[C@@H](c2ccnc3ccc(OC)cc23)[C@H]2CC3CCN2CC3(O)C=C)c2ccccc12)c1ccnc2ccc(CO)cc12. The van der Waals surface area contributed by atoms with Gasteiger partial charge in [0.2, 0.25) is 11.8 Å². The Bertz CT molecular complexity index is 2600. The Morgan fingerprint density at radius 1 is 0.850 bits per heavy atom. The average Bonchev–Trinajstić information content (AvgIpc) is 3.62. The fraction of sp³-hybridized carbons (Fsp3) is 0.388. The molecule has 1 aliphatic carbocycles. The van der Waals surface area contributed by atoms with Crippen molar-refractivity contribution in [3.8, 4) is 17.5 Å². The molecule has 10 atom stereocenters. The van der Waals surface area contributed by atoms with Crippen LogP contribution in [0.5, 0.6) is 17.5 Å². The molecule has 11 heteroatoms. The highest BCUT2D eigenvalue weighted by atomic mass is 16.5. The molecule has 0 spiro atoms. The third-order valence-corrected chi connectivity index (χ3v) is 14.3. The fourth-order valence-electron chi connectivity index (χ4n) is 10.9. The molecule has 4 unspecified atom stereocenters. The number of aliphatic hydroxyl groups is 2. The van der Waals surface area contributed by atoms with Crippen molar-refractivity contribution in [2.24, 2.45) is 17.8 Å². The quantitative estimate of drug-likeness (QED) is 0.111. The van der Waals surface area contributed by atoms with Gasteiger partial charge in [-0.25, -0.2) is 0 Å². The van der Waals surface area contributed by atoms with Crippen molar-refractivity contribution >= 4 is 32.6 Å². The number of benzene rings is 3. The topological polar surface area (TPSA) is 126 Å². The zero-order valence-electron chi connectivity index (χ0n) is 34.2.